The van der Waals surface area contributed by atoms with Gasteiger partial charge >= 0.3 is 6.18 Å². The van der Waals surface area contributed by atoms with E-state index < -0.39 is 11.9 Å². The van der Waals surface area contributed by atoms with Crippen LogP contribution in [0.1, 0.15) is 91.8 Å². The predicted molar refractivity (Wildman–Crippen MR) is 255 cm³/mol. The molecule has 0 aliphatic heterocycles. The van der Waals surface area contributed by atoms with E-state index in [0.717, 1.165) is 53.5 Å². The van der Waals surface area contributed by atoms with Crippen molar-refractivity contribution in [3.63, 3.8) is 0 Å². The summed E-state index contributed by atoms with van der Waals surface area (Å²) in [5, 5.41) is 3.14. The number of pyridine rings is 3. The first-order chi connectivity index (χ1) is 32.3. The number of carbonyl (C=O) groups is 2. The fourth-order valence-electron chi connectivity index (χ4n) is 7.20. The monoisotopic (exact) mass is 984 g/mol. The van der Waals surface area contributed by atoms with Crippen LogP contribution >= 0.6 is 34.5 Å². The highest BCUT2D eigenvalue weighted by Gasteiger charge is 2.32. The lowest BCUT2D eigenvalue weighted by atomic mass is 10.0. The minimum Gasteiger partial charge on any atom is -0.489 e. The second kappa shape index (κ2) is 20.4. The van der Waals surface area contributed by atoms with Crippen molar-refractivity contribution in [3.8, 4) is 23.0 Å². The van der Waals surface area contributed by atoms with Crippen molar-refractivity contribution in [1.82, 2.24) is 29.9 Å². The van der Waals surface area contributed by atoms with Crippen molar-refractivity contribution in [2.45, 2.75) is 66.3 Å². The van der Waals surface area contributed by atoms with Crippen LogP contribution < -0.4 is 18.9 Å². The highest BCUT2D eigenvalue weighted by atomic mass is 35.5. The van der Waals surface area contributed by atoms with Gasteiger partial charge in [0, 0.05) is 58.4 Å². The number of nitrogens with one attached hydrogen (secondary N) is 2. The number of hydrogen-bond donors (Lipinski definition) is 2. The van der Waals surface area contributed by atoms with Gasteiger partial charge in [0.15, 0.2) is 34.6 Å². The first-order valence-electron chi connectivity index (χ1n) is 21.4. The highest BCUT2D eigenvalue weighted by Crippen LogP contribution is 2.40. The summed E-state index contributed by atoms with van der Waals surface area (Å²) in [6.07, 6.45) is 7.29. The van der Waals surface area contributed by atoms with E-state index >= 15 is 0 Å². The Morgan fingerprint density at radius 3 is 1.65 bits per heavy atom. The summed E-state index contributed by atoms with van der Waals surface area (Å²) in [5.74, 6) is 2.12. The van der Waals surface area contributed by atoms with E-state index in [1.54, 1.807) is 66.3 Å². The summed E-state index contributed by atoms with van der Waals surface area (Å²) in [7, 11) is 0. The zero-order valence-electron chi connectivity index (χ0n) is 36.0. The number of H-pyrrole nitrogens is 2. The maximum absolute atomic E-state index is 13.6. The number of aromatic amines is 2. The van der Waals surface area contributed by atoms with Crippen molar-refractivity contribution < 1.29 is 41.7 Å². The standard InChI is InChI=1S/C25H19ClF3N3O3.C24H22ClN3O3S.CH4/c26-16-8-18-19(11-32-24(18)31-10-16)22(33)17-2-1-3-20(23(17)35-12-14-4-5-14)34-13-15-6-7-21(30-9-15)25(27,28)29;1-13-21(32-14(2)28-13)12-30-20-5-3-4-17(23(20)31-11-15-6-7-15)22(29)19-10-27-24-18(19)8-16(25)9-26-24;/h1-3,6-11,14H,4-5,12-13H2,(H,31,32);3-5,8-10,15H,6-7,11-12H2,1-2H3,(H,26,27);1H4. The minimum atomic E-state index is -4.51. The third-order valence-electron chi connectivity index (χ3n) is 11.1. The molecule has 0 saturated heterocycles. The molecule has 2 aliphatic carbocycles. The van der Waals surface area contributed by atoms with E-state index in [1.807, 2.05) is 26.0 Å². The fraction of sp³-hybridized carbons (Fsp3) is 0.280. The van der Waals surface area contributed by atoms with Gasteiger partial charge in [-0.05, 0) is 93.8 Å². The molecule has 0 unspecified atom stereocenters. The summed E-state index contributed by atoms with van der Waals surface area (Å²) >= 11 is 13.8. The first-order valence-corrected chi connectivity index (χ1v) is 22.9. The molecule has 2 N–H and O–H groups in total. The Hall–Kier alpha value is -6.49. The van der Waals surface area contributed by atoms with Gasteiger partial charge in [-0.25, -0.2) is 15.0 Å². The number of ketones is 2. The van der Waals surface area contributed by atoms with Crippen LogP contribution in [0.3, 0.4) is 0 Å². The van der Waals surface area contributed by atoms with Crippen molar-refractivity contribution in [2.75, 3.05) is 13.2 Å². The molecule has 18 heteroatoms. The van der Waals surface area contributed by atoms with E-state index in [4.69, 9.17) is 42.1 Å². The molecule has 0 radical (unpaired) electrons. The van der Waals surface area contributed by atoms with Crippen LogP contribution in [-0.2, 0) is 19.4 Å². The van der Waals surface area contributed by atoms with E-state index in [2.05, 4.69) is 29.9 Å². The number of benzene rings is 2. The third-order valence-corrected chi connectivity index (χ3v) is 12.6. The van der Waals surface area contributed by atoms with Gasteiger partial charge in [0.1, 0.15) is 30.2 Å². The molecule has 0 bridgehead atoms. The Balaban J connectivity index is 0.000000182. The first kappa shape index (κ1) is 48.0. The zero-order valence-corrected chi connectivity index (χ0v) is 38.3. The number of ether oxygens (including phenoxy) is 4. The average molecular weight is 986 g/mol. The van der Waals surface area contributed by atoms with E-state index in [9.17, 15) is 22.8 Å². The second-order valence-corrected chi connectivity index (χ2v) is 18.5. The molecule has 2 aliphatic rings. The molecule has 8 aromatic rings. The van der Waals surface area contributed by atoms with Crippen LogP contribution in [-0.4, -0.2) is 54.7 Å². The SMILES string of the molecule is C.Cc1nc(C)c(COc2cccc(C(=O)c3c[nH]c4ncc(Cl)cc34)c2OCC2CC2)s1.O=C(c1cccc(OCc2ccc(C(F)(F)F)nc2)c1OCC1CC1)c1c[nH]c2ncc(Cl)cc12. The number of para-hydroxylation sites is 2. The molecule has 0 amide bonds. The van der Waals surface area contributed by atoms with Crippen molar-refractivity contribution >= 4 is 68.2 Å². The maximum Gasteiger partial charge on any atom is 0.433 e. The molecule has 12 nitrogen and oxygen atoms in total. The molecular weight excluding hydrogens is 941 g/mol. The van der Waals surface area contributed by atoms with Gasteiger partial charge in [-0.1, -0.05) is 48.8 Å². The molecule has 10 rings (SSSR count). The quantitative estimate of drug-likeness (QED) is 0.0894. The fourth-order valence-corrected chi connectivity index (χ4v) is 8.36. The molecule has 68 heavy (non-hydrogen) atoms. The Kier molecular flexibility index (Phi) is 14.4. The predicted octanol–water partition coefficient (Wildman–Crippen LogP) is 12.8. The Bertz CT molecular complexity index is 3110. The molecule has 2 fully saturated rings. The zero-order chi connectivity index (χ0) is 46.8. The van der Waals surface area contributed by atoms with E-state index in [1.165, 1.54) is 12.3 Å². The van der Waals surface area contributed by atoms with Gasteiger partial charge < -0.3 is 28.9 Å². The normalized spacial score (nSPS) is 13.4. The number of rotatable bonds is 16. The summed E-state index contributed by atoms with van der Waals surface area (Å²) in [6, 6.07) is 16.0. The summed E-state index contributed by atoms with van der Waals surface area (Å²) in [6.45, 7) is 5.29. The third kappa shape index (κ3) is 11.1. The van der Waals surface area contributed by atoms with Crippen LogP contribution in [0, 0.1) is 25.7 Å². The maximum atomic E-state index is 13.6. The van der Waals surface area contributed by atoms with Gasteiger partial charge in [0.2, 0.25) is 0 Å². The summed E-state index contributed by atoms with van der Waals surface area (Å²) < 4.78 is 62.5. The van der Waals surface area contributed by atoms with Crippen molar-refractivity contribution in [1.29, 1.82) is 0 Å². The number of halogens is 5. The van der Waals surface area contributed by atoms with Crippen LogP contribution in [0.15, 0.2) is 91.6 Å². The number of aromatic nitrogens is 6. The van der Waals surface area contributed by atoms with Gasteiger partial charge in [-0.3, -0.25) is 14.6 Å². The molecule has 2 saturated carbocycles. The van der Waals surface area contributed by atoms with E-state index in [0.29, 0.717) is 109 Å². The van der Waals surface area contributed by atoms with Gasteiger partial charge in [-0.15, -0.1) is 11.3 Å². The van der Waals surface area contributed by atoms with Gasteiger partial charge in [0.25, 0.3) is 0 Å². The smallest absolute Gasteiger partial charge is 0.433 e. The molecule has 6 aromatic heterocycles. The number of fused-ring (bicyclic) bond motifs is 2. The number of aryl methyl sites for hydroxylation is 2. The van der Waals surface area contributed by atoms with Crippen LogP contribution in [0.2, 0.25) is 10.0 Å². The molecule has 2 aromatic carbocycles. The number of thiazole rings is 1. The lowest BCUT2D eigenvalue weighted by molar-refractivity contribution is -0.141. The average Bonchev–Trinajstić information content (AvgIpc) is 4.22. The lowest BCUT2D eigenvalue weighted by Gasteiger charge is -2.16. The minimum absolute atomic E-state index is 0. The summed E-state index contributed by atoms with van der Waals surface area (Å²) in [4.78, 5) is 50.5. The van der Waals surface area contributed by atoms with Crippen molar-refractivity contribution in [2.24, 2.45) is 11.8 Å². The molecule has 352 valence electrons. The van der Waals surface area contributed by atoms with E-state index in [-0.39, 0.29) is 31.3 Å². The number of carbonyl (C=O) groups excluding carboxylic acids is 2. The number of alkyl halides is 3. The topological polar surface area (TPSA) is 154 Å². The molecule has 6 heterocycles. The lowest BCUT2D eigenvalue weighted by Crippen LogP contribution is -2.10. The Labute approximate surface area is 403 Å². The highest BCUT2D eigenvalue weighted by molar-refractivity contribution is 7.11. The molecule has 0 atom stereocenters. The Morgan fingerprint density at radius 1 is 0.691 bits per heavy atom. The molecular formula is C50H45Cl2F3N6O6S. The van der Waals surface area contributed by atoms with Crippen molar-refractivity contribution in [3.05, 3.63) is 151 Å². The van der Waals surface area contributed by atoms with Crippen LogP contribution in [0.4, 0.5) is 13.2 Å². The largest absolute Gasteiger partial charge is 0.489 e. The summed E-state index contributed by atoms with van der Waals surface area (Å²) in [5.41, 5.74) is 3.21. The number of hydrogen-bond acceptors (Lipinski definition) is 11. The molecule has 0 spiro atoms. The second-order valence-electron chi connectivity index (χ2n) is 16.3. The van der Waals surface area contributed by atoms with Crippen LogP contribution in [0.25, 0.3) is 22.1 Å². The van der Waals surface area contributed by atoms with Crippen LogP contribution in [0.5, 0.6) is 23.0 Å². The number of nitrogens with zero attached hydrogens (tertiary/aromatic N) is 4. The van der Waals surface area contributed by atoms with Gasteiger partial charge in [0.05, 0.1) is 50.0 Å². The van der Waals surface area contributed by atoms with Gasteiger partial charge in [-0.2, -0.15) is 13.2 Å². The Morgan fingerprint density at radius 2 is 1.21 bits per heavy atom.